The monoisotopic (exact) mass is 436 g/mol. The molecular weight excluding hydrogens is 420 g/mol. The number of rotatable bonds is 6. The van der Waals surface area contributed by atoms with Crippen molar-refractivity contribution in [2.45, 2.75) is 11.3 Å². The van der Waals surface area contributed by atoms with E-state index in [4.69, 9.17) is 11.6 Å². The van der Waals surface area contributed by atoms with Crippen LogP contribution in [0.4, 0.5) is 11.4 Å². The molecule has 0 saturated carbocycles. The fourth-order valence-corrected chi connectivity index (χ4v) is 4.14. The summed E-state index contributed by atoms with van der Waals surface area (Å²) in [5.74, 6) is -0.251. The highest BCUT2D eigenvalue weighted by Crippen LogP contribution is 2.30. The van der Waals surface area contributed by atoms with Crippen LogP contribution in [0.15, 0.2) is 77.7 Å². The molecule has 0 radical (unpaired) electrons. The molecule has 1 N–H and O–H groups in total. The van der Waals surface area contributed by atoms with Crippen LogP contribution < -0.4 is 10.2 Å². The number of nitrogens with zero attached hydrogens (tertiary/aromatic N) is 1. The zero-order valence-corrected chi connectivity index (χ0v) is 17.4. The smallest absolute Gasteiger partial charge is 0.266 e. The molecule has 3 aromatic carbocycles. The summed E-state index contributed by atoms with van der Waals surface area (Å²) in [5.41, 5.74) is 1.73. The van der Waals surface area contributed by atoms with E-state index < -0.39 is 0 Å². The number of benzene rings is 3. The maximum absolute atomic E-state index is 12.6. The first-order valence-electron chi connectivity index (χ1n) is 9.29. The lowest BCUT2D eigenvalue weighted by Crippen LogP contribution is -2.29. The first-order chi connectivity index (χ1) is 14.5. The number of carbonyl (C=O) groups is 3. The molecule has 1 aliphatic heterocycles. The fourth-order valence-electron chi connectivity index (χ4n) is 3.16. The Labute approximate surface area is 183 Å². The Kier molecular flexibility index (Phi) is 5.88. The molecule has 0 aromatic heterocycles. The van der Waals surface area contributed by atoms with Gasteiger partial charge < -0.3 is 5.32 Å². The summed E-state index contributed by atoms with van der Waals surface area (Å²) in [5, 5.41) is 3.51. The highest BCUT2D eigenvalue weighted by Gasteiger charge is 2.36. The molecule has 0 atom stereocenters. The number of anilines is 2. The molecule has 0 bridgehead atoms. The molecule has 30 heavy (non-hydrogen) atoms. The van der Waals surface area contributed by atoms with Crippen molar-refractivity contribution in [2.24, 2.45) is 0 Å². The van der Waals surface area contributed by atoms with Gasteiger partial charge in [-0.15, -0.1) is 11.8 Å². The second-order valence-corrected chi connectivity index (χ2v) is 8.25. The molecule has 150 valence electrons. The summed E-state index contributed by atoms with van der Waals surface area (Å²) in [7, 11) is 0. The van der Waals surface area contributed by atoms with Gasteiger partial charge in [-0.1, -0.05) is 29.8 Å². The quantitative estimate of drug-likeness (QED) is 0.422. The maximum atomic E-state index is 12.6. The summed E-state index contributed by atoms with van der Waals surface area (Å²) in [6.45, 7) is 0. The van der Waals surface area contributed by atoms with Gasteiger partial charge in [-0.2, -0.15) is 0 Å². The van der Waals surface area contributed by atoms with Crippen molar-refractivity contribution in [2.75, 3.05) is 16.0 Å². The number of hydrogen-bond acceptors (Lipinski definition) is 4. The van der Waals surface area contributed by atoms with E-state index in [0.29, 0.717) is 39.7 Å². The Hall–Kier alpha value is -3.09. The Morgan fingerprint density at radius 3 is 2.23 bits per heavy atom. The van der Waals surface area contributed by atoms with E-state index >= 15 is 0 Å². The Bertz CT molecular complexity index is 1100. The third kappa shape index (κ3) is 4.25. The number of imide groups is 1. The Balaban J connectivity index is 1.39. The van der Waals surface area contributed by atoms with E-state index in [2.05, 4.69) is 5.32 Å². The molecule has 0 saturated heterocycles. The number of thioether (sulfide) groups is 1. The summed E-state index contributed by atoms with van der Waals surface area (Å²) in [4.78, 5) is 39.8. The molecule has 0 spiro atoms. The molecule has 0 unspecified atom stereocenters. The zero-order valence-electron chi connectivity index (χ0n) is 15.8. The molecular formula is C23H17ClN2O3S. The zero-order chi connectivity index (χ0) is 21.1. The maximum Gasteiger partial charge on any atom is 0.266 e. The van der Waals surface area contributed by atoms with E-state index in [-0.39, 0.29) is 17.7 Å². The second kappa shape index (κ2) is 8.73. The minimum Gasteiger partial charge on any atom is -0.326 e. The Morgan fingerprint density at radius 2 is 1.57 bits per heavy atom. The molecule has 7 heteroatoms. The van der Waals surface area contributed by atoms with Crippen LogP contribution in [0.1, 0.15) is 27.1 Å². The van der Waals surface area contributed by atoms with Gasteiger partial charge in [0.25, 0.3) is 11.8 Å². The highest BCUT2D eigenvalue weighted by atomic mass is 35.5. The minimum absolute atomic E-state index is 0.143. The number of hydrogen-bond donors (Lipinski definition) is 1. The van der Waals surface area contributed by atoms with E-state index in [1.54, 1.807) is 60.3 Å². The lowest BCUT2D eigenvalue weighted by molar-refractivity contribution is -0.115. The molecule has 0 aliphatic carbocycles. The summed E-state index contributed by atoms with van der Waals surface area (Å²) < 4.78 is 0. The normalized spacial score (nSPS) is 12.8. The molecule has 1 heterocycles. The van der Waals surface area contributed by atoms with Gasteiger partial charge in [-0.05, 0) is 54.6 Å². The average Bonchev–Trinajstić information content (AvgIpc) is 3.00. The summed E-state index contributed by atoms with van der Waals surface area (Å²) in [6, 6.07) is 20.9. The van der Waals surface area contributed by atoms with E-state index in [1.165, 1.54) is 0 Å². The van der Waals surface area contributed by atoms with Gasteiger partial charge in [0.1, 0.15) is 0 Å². The molecule has 3 amide bonds. The van der Waals surface area contributed by atoms with Gasteiger partial charge in [0.2, 0.25) is 5.91 Å². The SMILES string of the molecule is O=C(CCSc1ccc(Cl)cc1)Nc1cccc(N2C(=O)c3ccccc3C2=O)c1. The van der Waals surface area contributed by atoms with Crippen molar-refractivity contribution in [1.82, 2.24) is 0 Å². The minimum atomic E-state index is -0.363. The van der Waals surface area contributed by atoms with Crippen molar-refractivity contribution in [3.05, 3.63) is 88.9 Å². The van der Waals surface area contributed by atoms with Crippen molar-refractivity contribution in [3.8, 4) is 0 Å². The third-order valence-corrected chi connectivity index (χ3v) is 5.86. The van der Waals surface area contributed by atoms with Crippen LogP contribution in [0.3, 0.4) is 0 Å². The van der Waals surface area contributed by atoms with Crippen molar-refractivity contribution < 1.29 is 14.4 Å². The first-order valence-corrected chi connectivity index (χ1v) is 10.7. The number of halogens is 1. The first kappa shape index (κ1) is 20.2. The molecule has 1 aliphatic rings. The van der Waals surface area contributed by atoms with E-state index in [0.717, 1.165) is 9.80 Å². The highest BCUT2D eigenvalue weighted by molar-refractivity contribution is 7.99. The van der Waals surface area contributed by atoms with Crippen molar-refractivity contribution >= 4 is 52.5 Å². The van der Waals surface area contributed by atoms with Crippen molar-refractivity contribution in [3.63, 3.8) is 0 Å². The number of carbonyl (C=O) groups excluding carboxylic acids is 3. The number of fused-ring (bicyclic) bond motifs is 1. The van der Waals surface area contributed by atoms with Gasteiger partial charge in [-0.3, -0.25) is 14.4 Å². The molecule has 3 aromatic rings. The fraction of sp³-hybridized carbons (Fsp3) is 0.0870. The number of nitrogens with one attached hydrogen (secondary N) is 1. The molecule has 4 rings (SSSR count). The second-order valence-electron chi connectivity index (χ2n) is 6.64. The lowest BCUT2D eigenvalue weighted by atomic mass is 10.1. The van der Waals surface area contributed by atoms with Crippen LogP contribution in [-0.2, 0) is 4.79 Å². The van der Waals surface area contributed by atoms with Gasteiger partial charge in [0.05, 0.1) is 16.8 Å². The van der Waals surface area contributed by atoms with Crippen LogP contribution in [0.5, 0.6) is 0 Å². The van der Waals surface area contributed by atoms with Gasteiger partial charge in [0.15, 0.2) is 0 Å². The van der Waals surface area contributed by atoms with E-state index in [9.17, 15) is 14.4 Å². The van der Waals surface area contributed by atoms with Crippen LogP contribution >= 0.6 is 23.4 Å². The molecule has 0 fully saturated rings. The Morgan fingerprint density at radius 1 is 0.900 bits per heavy atom. The van der Waals surface area contributed by atoms with Gasteiger partial charge in [-0.25, -0.2) is 4.90 Å². The third-order valence-electron chi connectivity index (χ3n) is 4.59. The molecule has 5 nitrogen and oxygen atoms in total. The van der Waals surface area contributed by atoms with Gasteiger partial charge >= 0.3 is 0 Å². The lowest BCUT2D eigenvalue weighted by Gasteiger charge is -2.15. The van der Waals surface area contributed by atoms with Crippen LogP contribution in [0.25, 0.3) is 0 Å². The largest absolute Gasteiger partial charge is 0.326 e. The van der Waals surface area contributed by atoms with Crippen LogP contribution in [-0.4, -0.2) is 23.5 Å². The van der Waals surface area contributed by atoms with Crippen LogP contribution in [0.2, 0.25) is 5.02 Å². The van der Waals surface area contributed by atoms with Gasteiger partial charge in [0, 0.05) is 27.8 Å². The average molecular weight is 437 g/mol. The number of amides is 3. The van der Waals surface area contributed by atoms with E-state index in [1.807, 2.05) is 24.3 Å². The summed E-state index contributed by atoms with van der Waals surface area (Å²) >= 11 is 7.44. The predicted octanol–water partition coefficient (Wildman–Crippen LogP) is 5.26. The summed E-state index contributed by atoms with van der Waals surface area (Å²) in [6.07, 6.45) is 0.324. The predicted molar refractivity (Wildman–Crippen MR) is 119 cm³/mol. The van der Waals surface area contributed by atoms with Crippen molar-refractivity contribution in [1.29, 1.82) is 0 Å². The standard InChI is InChI=1S/C23H17ClN2O3S/c24-15-8-10-18(11-9-15)30-13-12-21(27)25-16-4-3-5-17(14-16)26-22(28)19-6-1-2-7-20(19)23(26)29/h1-11,14H,12-13H2,(H,25,27). The topological polar surface area (TPSA) is 66.5 Å². The van der Waals surface area contributed by atoms with Crippen LogP contribution in [0, 0.1) is 0 Å².